The molecule has 0 aliphatic carbocycles. The average Bonchev–Trinajstić information content (AvgIpc) is 1.85. The molecule has 0 aromatic rings. The van der Waals surface area contributed by atoms with E-state index in [1.807, 2.05) is 6.92 Å². The Morgan fingerprint density at radius 1 is 1.36 bits per heavy atom. The average molecular weight is 158 g/mol. The van der Waals surface area contributed by atoms with Crippen molar-refractivity contribution in [1.82, 2.24) is 0 Å². The lowest BCUT2D eigenvalue weighted by Gasteiger charge is -2.10. The first kappa shape index (κ1) is 10.7. The van der Waals surface area contributed by atoms with Crippen molar-refractivity contribution < 1.29 is 4.39 Å². The molecule has 0 rings (SSSR count). The maximum Gasteiger partial charge on any atom is 0.104 e. The van der Waals surface area contributed by atoms with Gasteiger partial charge in [-0.2, -0.15) is 0 Å². The second-order valence-corrected chi connectivity index (χ2v) is 3.56. The molecule has 0 fully saturated rings. The molecule has 0 amide bonds. The van der Waals surface area contributed by atoms with Crippen LogP contribution < -0.4 is 0 Å². The van der Waals surface area contributed by atoms with Crippen LogP contribution in [0, 0.1) is 5.92 Å². The van der Waals surface area contributed by atoms with Gasteiger partial charge in [-0.25, -0.2) is 4.39 Å². The summed E-state index contributed by atoms with van der Waals surface area (Å²) in [6, 6.07) is 0. The van der Waals surface area contributed by atoms with E-state index in [1.165, 1.54) is 0 Å². The minimum Gasteiger partial charge on any atom is -0.247 e. The first-order valence-corrected chi connectivity index (χ1v) is 4.37. The first-order valence-electron chi connectivity index (χ1n) is 4.37. The van der Waals surface area contributed by atoms with Gasteiger partial charge >= 0.3 is 0 Å². The van der Waals surface area contributed by atoms with Gasteiger partial charge in [0.2, 0.25) is 0 Å². The molecule has 0 bridgehead atoms. The smallest absolute Gasteiger partial charge is 0.104 e. The van der Waals surface area contributed by atoms with Crippen molar-refractivity contribution in [1.29, 1.82) is 0 Å². The molecule has 0 radical (unpaired) electrons. The third-order valence-electron chi connectivity index (χ3n) is 1.65. The lowest BCUT2D eigenvalue weighted by atomic mass is 9.99. The summed E-state index contributed by atoms with van der Waals surface area (Å²) in [4.78, 5) is 0. The zero-order valence-corrected chi connectivity index (χ0v) is 7.86. The Kier molecular flexibility index (Phi) is 5.18. The van der Waals surface area contributed by atoms with Crippen molar-refractivity contribution in [3.8, 4) is 0 Å². The summed E-state index contributed by atoms with van der Waals surface area (Å²) in [7, 11) is 0. The largest absolute Gasteiger partial charge is 0.247 e. The second kappa shape index (κ2) is 5.34. The van der Waals surface area contributed by atoms with Crippen LogP contribution in [0.25, 0.3) is 0 Å². The summed E-state index contributed by atoms with van der Waals surface area (Å²) < 4.78 is 12.8. The van der Waals surface area contributed by atoms with Gasteiger partial charge in [0.1, 0.15) is 6.17 Å². The monoisotopic (exact) mass is 158 g/mol. The molecular formula is C10H19F. The number of allylic oxidation sites excluding steroid dienone is 1. The normalized spacial score (nSPS) is 13.5. The Hall–Kier alpha value is -0.330. The van der Waals surface area contributed by atoms with Crippen molar-refractivity contribution in [2.24, 2.45) is 5.92 Å². The van der Waals surface area contributed by atoms with Crippen molar-refractivity contribution in [3.05, 3.63) is 12.2 Å². The summed E-state index contributed by atoms with van der Waals surface area (Å²) >= 11 is 0. The Balaban J connectivity index is 3.52. The van der Waals surface area contributed by atoms with E-state index in [0.717, 1.165) is 12.0 Å². The topological polar surface area (TPSA) is 0 Å². The highest BCUT2D eigenvalue weighted by molar-refractivity contribution is 4.96. The summed E-state index contributed by atoms with van der Waals surface area (Å²) in [6.45, 7) is 9.97. The molecule has 0 aliphatic heterocycles. The van der Waals surface area contributed by atoms with Crippen molar-refractivity contribution in [3.63, 3.8) is 0 Å². The van der Waals surface area contributed by atoms with Gasteiger partial charge in [-0.1, -0.05) is 32.9 Å². The molecule has 0 saturated carbocycles. The van der Waals surface area contributed by atoms with Gasteiger partial charge < -0.3 is 0 Å². The third-order valence-corrected chi connectivity index (χ3v) is 1.65. The first-order chi connectivity index (χ1) is 5.06. The van der Waals surface area contributed by atoms with E-state index in [1.54, 1.807) is 0 Å². The molecule has 0 aliphatic rings. The summed E-state index contributed by atoms with van der Waals surface area (Å²) in [5, 5.41) is 0. The fourth-order valence-corrected chi connectivity index (χ4v) is 1.12. The maximum absolute atomic E-state index is 12.8. The molecule has 0 saturated heterocycles. The molecule has 0 N–H and O–H groups in total. The fraction of sp³-hybridized carbons (Fsp3) is 0.800. The summed E-state index contributed by atoms with van der Waals surface area (Å²) in [5.74, 6) is 0.603. The molecule has 11 heavy (non-hydrogen) atoms. The second-order valence-electron chi connectivity index (χ2n) is 3.56. The van der Waals surface area contributed by atoms with Crippen LogP contribution in [0.4, 0.5) is 4.39 Å². The Labute approximate surface area is 69.5 Å². The van der Waals surface area contributed by atoms with Gasteiger partial charge in [-0.3, -0.25) is 0 Å². The highest BCUT2D eigenvalue weighted by Gasteiger charge is 2.06. The van der Waals surface area contributed by atoms with Crippen LogP contribution >= 0.6 is 0 Å². The molecular weight excluding hydrogens is 139 g/mol. The number of halogens is 1. The minimum absolute atomic E-state index is 0.550. The standard InChI is InChI=1S/C10H19F/c1-5-10(11)7-9(4)6-8(2)3/h8,10H,4-7H2,1-3H3/t10-/m1/s1. The van der Waals surface area contributed by atoms with Crippen LogP contribution in [-0.2, 0) is 0 Å². The van der Waals surface area contributed by atoms with Crippen molar-refractivity contribution >= 4 is 0 Å². The summed E-state index contributed by atoms with van der Waals surface area (Å²) in [5.41, 5.74) is 1.05. The lowest BCUT2D eigenvalue weighted by Crippen LogP contribution is -2.01. The van der Waals surface area contributed by atoms with Crippen molar-refractivity contribution in [2.75, 3.05) is 0 Å². The van der Waals surface area contributed by atoms with Gasteiger partial charge in [0.05, 0.1) is 0 Å². The van der Waals surface area contributed by atoms with Gasteiger partial charge in [-0.05, 0) is 25.2 Å². The number of alkyl halides is 1. The maximum atomic E-state index is 12.8. The molecule has 66 valence electrons. The summed E-state index contributed by atoms with van der Waals surface area (Å²) in [6.07, 6.45) is 1.44. The lowest BCUT2D eigenvalue weighted by molar-refractivity contribution is 0.318. The van der Waals surface area contributed by atoms with Gasteiger partial charge in [-0.15, -0.1) is 0 Å². The molecule has 1 atom stereocenters. The Morgan fingerprint density at radius 3 is 2.27 bits per heavy atom. The SMILES string of the molecule is C=C(CC(C)C)C[C@H](F)CC. The molecule has 0 spiro atoms. The molecule has 0 aromatic carbocycles. The fourth-order valence-electron chi connectivity index (χ4n) is 1.12. The molecule has 1 heteroatoms. The zero-order valence-electron chi connectivity index (χ0n) is 7.86. The van der Waals surface area contributed by atoms with E-state index >= 15 is 0 Å². The number of hydrogen-bond donors (Lipinski definition) is 0. The highest BCUT2D eigenvalue weighted by atomic mass is 19.1. The number of hydrogen-bond acceptors (Lipinski definition) is 0. The van der Waals surface area contributed by atoms with Gasteiger partial charge in [0.15, 0.2) is 0 Å². The van der Waals surface area contributed by atoms with Crippen molar-refractivity contribution in [2.45, 2.75) is 46.2 Å². The Bertz CT molecular complexity index is 116. The van der Waals surface area contributed by atoms with Gasteiger partial charge in [0.25, 0.3) is 0 Å². The van der Waals surface area contributed by atoms with E-state index in [2.05, 4.69) is 20.4 Å². The van der Waals surface area contributed by atoms with E-state index in [0.29, 0.717) is 18.8 Å². The quantitative estimate of drug-likeness (QED) is 0.535. The van der Waals surface area contributed by atoms with Crippen LogP contribution in [0.15, 0.2) is 12.2 Å². The van der Waals surface area contributed by atoms with E-state index in [9.17, 15) is 4.39 Å². The van der Waals surface area contributed by atoms with E-state index in [-0.39, 0.29) is 0 Å². The van der Waals surface area contributed by atoms with Crippen LogP contribution in [0.2, 0.25) is 0 Å². The highest BCUT2D eigenvalue weighted by Crippen LogP contribution is 2.16. The van der Waals surface area contributed by atoms with E-state index < -0.39 is 6.17 Å². The molecule has 0 aromatic heterocycles. The minimum atomic E-state index is -0.679. The van der Waals surface area contributed by atoms with Crippen LogP contribution in [0.3, 0.4) is 0 Å². The Morgan fingerprint density at radius 2 is 1.91 bits per heavy atom. The molecule has 0 nitrogen and oxygen atoms in total. The van der Waals surface area contributed by atoms with Crippen LogP contribution in [0.1, 0.15) is 40.0 Å². The number of rotatable bonds is 5. The third kappa shape index (κ3) is 6.08. The van der Waals surface area contributed by atoms with E-state index in [4.69, 9.17) is 0 Å². The van der Waals surface area contributed by atoms with Crippen LogP contribution in [-0.4, -0.2) is 6.17 Å². The van der Waals surface area contributed by atoms with Crippen LogP contribution in [0.5, 0.6) is 0 Å². The molecule has 0 unspecified atom stereocenters. The predicted molar refractivity (Wildman–Crippen MR) is 48.4 cm³/mol. The molecule has 0 heterocycles. The van der Waals surface area contributed by atoms with Gasteiger partial charge in [0, 0.05) is 0 Å². The zero-order chi connectivity index (χ0) is 8.85. The predicted octanol–water partition coefficient (Wildman–Crippen LogP) is 3.73.